The Morgan fingerprint density at radius 1 is 1.20 bits per heavy atom. The molecule has 30 heavy (non-hydrogen) atoms. The number of rotatable bonds is 5. The Labute approximate surface area is 181 Å². The number of amides is 1. The minimum atomic E-state index is -1.12. The summed E-state index contributed by atoms with van der Waals surface area (Å²) in [5.74, 6) is -1.81. The Morgan fingerprint density at radius 3 is 2.63 bits per heavy atom. The van der Waals surface area contributed by atoms with Crippen molar-refractivity contribution < 1.29 is 19.1 Å². The van der Waals surface area contributed by atoms with Gasteiger partial charge in [0, 0.05) is 27.7 Å². The molecular weight excluding hydrogens is 423 g/mol. The molecular formula is C22H17FN2O3S2. The number of benzene rings is 2. The highest BCUT2D eigenvalue weighted by molar-refractivity contribution is 8.26. The molecule has 8 heteroatoms. The van der Waals surface area contributed by atoms with E-state index >= 15 is 0 Å². The number of thioether (sulfide) groups is 1. The molecule has 5 nitrogen and oxygen atoms in total. The standard InChI is InChI=1S/C22H17FN2O3S2/c1-13-16(10-19-21(28)25(12-20(26)27)22(29)30-19)15-7-3-5-9-18(15)24(13)11-14-6-2-4-8-17(14)23/h2-10H,11-12H2,1H3,(H,26,27)/b19-10+. The maximum absolute atomic E-state index is 14.2. The van der Waals surface area contributed by atoms with Crippen LogP contribution in [-0.4, -0.2) is 37.3 Å². The average molecular weight is 441 g/mol. The number of para-hydroxylation sites is 1. The first kappa shape index (κ1) is 20.3. The first-order chi connectivity index (χ1) is 14.4. The molecule has 1 aliphatic rings. The second-order valence-electron chi connectivity index (χ2n) is 6.86. The molecule has 1 amide bonds. The van der Waals surface area contributed by atoms with Crippen LogP contribution in [-0.2, 0) is 16.1 Å². The second-order valence-corrected chi connectivity index (χ2v) is 8.53. The van der Waals surface area contributed by atoms with Crippen LogP contribution in [0.5, 0.6) is 0 Å². The van der Waals surface area contributed by atoms with Crippen LogP contribution in [0.3, 0.4) is 0 Å². The Kier molecular flexibility index (Phi) is 5.44. The van der Waals surface area contributed by atoms with Crippen molar-refractivity contribution >= 4 is 57.2 Å². The topological polar surface area (TPSA) is 62.5 Å². The monoisotopic (exact) mass is 440 g/mol. The lowest BCUT2D eigenvalue weighted by Gasteiger charge is -2.10. The van der Waals surface area contributed by atoms with Crippen LogP contribution < -0.4 is 0 Å². The van der Waals surface area contributed by atoms with E-state index < -0.39 is 18.4 Å². The zero-order valence-corrected chi connectivity index (χ0v) is 17.6. The van der Waals surface area contributed by atoms with E-state index in [4.69, 9.17) is 17.3 Å². The lowest BCUT2D eigenvalue weighted by molar-refractivity contribution is -0.140. The largest absolute Gasteiger partial charge is 0.480 e. The normalized spacial score (nSPS) is 15.5. The number of carbonyl (C=O) groups excluding carboxylic acids is 1. The maximum atomic E-state index is 14.2. The van der Waals surface area contributed by atoms with Crippen molar-refractivity contribution in [1.29, 1.82) is 0 Å². The van der Waals surface area contributed by atoms with Gasteiger partial charge in [-0.3, -0.25) is 14.5 Å². The van der Waals surface area contributed by atoms with Gasteiger partial charge in [-0.25, -0.2) is 4.39 Å². The number of aliphatic carboxylic acids is 1. The van der Waals surface area contributed by atoms with Gasteiger partial charge in [-0.1, -0.05) is 60.4 Å². The Bertz CT molecular complexity index is 1230. The van der Waals surface area contributed by atoms with Crippen LogP contribution in [0.2, 0.25) is 0 Å². The molecule has 1 fully saturated rings. The molecule has 152 valence electrons. The van der Waals surface area contributed by atoms with Crippen LogP contribution in [0.15, 0.2) is 53.4 Å². The third kappa shape index (κ3) is 3.64. The molecule has 0 radical (unpaired) electrons. The van der Waals surface area contributed by atoms with Gasteiger partial charge in [0.2, 0.25) is 0 Å². The fourth-order valence-corrected chi connectivity index (χ4v) is 4.78. The number of fused-ring (bicyclic) bond motifs is 1. The molecule has 1 saturated heterocycles. The Morgan fingerprint density at radius 2 is 1.90 bits per heavy atom. The Balaban J connectivity index is 1.79. The van der Waals surface area contributed by atoms with Crippen molar-refractivity contribution in [2.75, 3.05) is 6.54 Å². The number of nitrogens with zero attached hydrogens (tertiary/aromatic N) is 2. The molecule has 4 rings (SSSR count). The molecule has 1 aliphatic heterocycles. The lowest BCUT2D eigenvalue weighted by Crippen LogP contribution is -2.33. The molecule has 1 N–H and O–H groups in total. The Hall–Kier alpha value is -2.97. The molecule has 0 aliphatic carbocycles. The smallest absolute Gasteiger partial charge is 0.323 e. The van der Waals surface area contributed by atoms with E-state index in [0.29, 0.717) is 17.0 Å². The molecule has 0 unspecified atom stereocenters. The average Bonchev–Trinajstić information content (AvgIpc) is 3.12. The SMILES string of the molecule is Cc1c(/C=C2/SC(=S)N(CC(=O)O)C2=O)c2ccccc2n1Cc1ccccc1F. The zero-order valence-electron chi connectivity index (χ0n) is 16.0. The highest BCUT2D eigenvalue weighted by atomic mass is 32.2. The van der Waals surface area contributed by atoms with Crippen LogP contribution >= 0.6 is 24.0 Å². The summed E-state index contributed by atoms with van der Waals surface area (Å²) in [7, 11) is 0. The molecule has 0 spiro atoms. The third-order valence-electron chi connectivity index (χ3n) is 5.01. The predicted octanol–water partition coefficient (Wildman–Crippen LogP) is 4.42. The van der Waals surface area contributed by atoms with E-state index in [9.17, 15) is 14.0 Å². The fourth-order valence-electron chi connectivity index (χ4n) is 3.54. The van der Waals surface area contributed by atoms with Crippen molar-refractivity contribution in [3.05, 3.63) is 76.1 Å². The number of carboxylic acid groups (broad SMARTS) is 1. The van der Waals surface area contributed by atoms with Gasteiger partial charge in [-0.2, -0.15) is 0 Å². The van der Waals surface area contributed by atoms with Crippen molar-refractivity contribution in [1.82, 2.24) is 9.47 Å². The van der Waals surface area contributed by atoms with Gasteiger partial charge < -0.3 is 9.67 Å². The fraction of sp³-hybridized carbons (Fsp3) is 0.136. The number of hydrogen-bond donors (Lipinski definition) is 1. The molecule has 0 saturated carbocycles. The quantitative estimate of drug-likeness (QED) is 0.470. The molecule has 2 aromatic carbocycles. The van der Waals surface area contributed by atoms with E-state index in [1.54, 1.807) is 24.3 Å². The second kappa shape index (κ2) is 8.04. The van der Waals surface area contributed by atoms with Gasteiger partial charge in [0.05, 0.1) is 11.4 Å². The van der Waals surface area contributed by atoms with Gasteiger partial charge in [-0.15, -0.1) is 0 Å². The van der Waals surface area contributed by atoms with Gasteiger partial charge in [0.1, 0.15) is 16.7 Å². The van der Waals surface area contributed by atoms with Crippen molar-refractivity contribution in [2.45, 2.75) is 13.5 Å². The van der Waals surface area contributed by atoms with E-state index in [0.717, 1.165) is 38.8 Å². The first-order valence-corrected chi connectivity index (χ1v) is 10.4. The van der Waals surface area contributed by atoms with Crippen LogP contribution in [0.1, 0.15) is 16.8 Å². The summed E-state index contributed by atoms with van der Waals surface area (Å²) in [4.78, 5) is 25.2. The lowest BCUT2D eigenvalue weighted by atomic mass is 10.1. The predicted molar refractivity (Wildman–Crippen MR) is 120 cm³/mol. The minimum absolute atomic E-state index is 0.224. The minimum Gasteiger partial charge on any atom is -0.480 e. The summed E-state index contributed by atoms with van der Waals surface area (Å²) in [5, 5.41) is 9.95. The van der Waals surface area contributed by atoms with E-state index in [2.05, 4.69) is 0 Å². The highest BCUT2D eigenvalue weighted by Crippen LogP contribution is 2.36. The van der Waals surface area contributed by atoms with Gasteiger partial charge in [0.25, 0.3) is 5.91 Å². The summed E-state index contributed by atoms with van der Waals surface area (Å²) in [6, 6.07) is 14.4. The first-order valence-electron chi connectivity index (χ1n) is 9.15. The van der Waals surface area contributed by atoms with Crippen LogP contribution in [0, 0.1) is 12.7 Å². The number of halogens is 1. The van der Waals surface area contributed by atoms with Gasteiger partial charge >= 0.3 is 5.97 Å². The molecule has 2 heterocycles. The molecule has 0 bridgehead atoms. The number of carbonyl (C=O) groups is 2. The highest BCUT2D eigenvalue weighted by Gasteiger charge is 2.33. The molecule has 1 aromatic heterocycles. The number of thiocarbonyl (C=S) groups is 1. The summed E-state index contributed by atoms with van der Waals surface area (Å²) < 4.78 is 16.5. The van der Waals surface area contributed by atoms with Crippen molar-refractivity contribution in [3.63, 3.8) is 0 Å². The number of aromatic nitrogens is 1. The van der Waals surface area contributed by atoms with Crippen LogP contribution in [0.25, 0.3) is 17.0 Å². The summed E-state index contributed by atoms with van der Waals surface area (Å²) in [6.45, 7) is 1.81. The van der Waals surface area contributed by atoms with Crippen molar-refractivity contribution in [2.24, 2.45) is 0 Å². The maximum Gasteiger partial charge on any atom is 0.323 e. The molecule has 3 aromatic rings. The van der Waals surface area contributed by atoms with Gasteiger partial charge in [-0.05, 0) is 25.1 Å². The van der Waals surface area contributed by atoms with Crippen LogP contribution in [0.4, 0.5) is 4.39 Å². The third-order valence-corrected chi connectivity index (χ3v) is 6.39. The number of hydrogen-bond acceptors (Lipinski definition) is 4. The number of carboxylic acids is 1. The van der Waals surface area contributed by atoms with E-state index in [-0.39, 0.29) is 10.1 Å². The van der Waals surface area contributed by atoms with E-state index in [1.165, 1.54) is 6.07 Å². The summed E-state index contributed by atoms with van der Waals surface area (Å²) >= 11 is 6.27. The summed E-state index contributed by atoms with van der Waals surface area (Å²) in [6.07, 6.45) is 1.75. The summed E-state index contributed by atoms with van der Waals surface area (Å²) in [5.41, 5.74) is 3.20. The zero-order chi connectivity index (χ0) is 21.4. The van der Waals surface area contributed by atoms with E-state index in [1.807, 2.05) is 35.8 Å². The van der Waals surface area contributed by atoms with Crippen molar-refractivity contribution in [3.8, 4) is 0 Å². The van der Waals surface area contributed by atoms with Gasteiger partial charge in [0.15, 0.2) is 0 Å². The molecule has 0 atom stereocenters.